The second-order valence-corrected chi connectivity index (χ2v) is 10.8. The molecule has 1 fully saturated rings. The van der Waals surface area contributed by atoms with Crippen LogP contribution in [0.2, 0.25) is 5.02 Å². The minimum Gasteiger partial charge on any atom is -0.489 e. The molecule has 1 heterocycles. The number of hydrogen-bond donors (Lipinski definition) is 3. The molecule has 0 saturated carbocycles. The number of nitrogens with one attached hydrogen (secondary N) is 1. The highest BCUT2D eigenvalue weighted by atomic mass is 35.5. The number of benzene rings is 2. The van der Waals surface area contributed by atoms with Gasteiger partial charge in [0.15, 0.2) is 5.75 Å². The molecule has 1 aliphatic rings. The standard InChI is InChI=1S/C25H31ClN4O5S/c1-2-29-13-10-21(11-14-29)35-23-9-8-20(16-22(23)26)30(36(33,34)17-24(31)32)12-4-6-18-5-3-7-19(15-18)25(27)28/h3-9,15-16,21H,2,10-14,17H2,1H3,(H3,27,28)(H,31,32). The number of likely N-dealkylation sites (tertiary alicyclic amines) is 1. The lowest BCUT2D eigenvalue weighted by atomic mass is 10.1. The summed E-state index contributed by atoms with van der Waals surface area (Å²) >= 11 is 6.46. The highest BCUT2D eigenvalue weighted by molar-refractivity contribution is 7.93. The predicted octanol–water partition coefficient (Wildman–Crippen LogP) is 3.42. The van der Waals surface area contributed by atoms with Crippen molar-refractivity contribution in [2.24, 2.45) is 5.73 Å². The van der Waals surface area contributed by atoms with E-state index in [2.05, 4.69) is 11.8 Å². The molecule has 1 aliphatic heterocycles. The van der Waals surface area contributed by atoms with E-state index < -0.39 is 21.7 Å². The second kappa shape index (κ2) is 12.2. The first-order valence-corrected chi connectivity index (χ1v) is 13.6. The van der Waals surface area contributed by atoms with Crippen LogP contribution in [0.25, 0.3) is 6.08 Å². The van der Waals surface area contributed by atoms with E-state index in [0.717, 1.165) is 36.8 Å². The van der Waals surface area contributed by atoms with Crippen molar-refractivity contribution in [2.45, 2.75) is 25.9 Å². The van der Waals surface area contributed by atoms with Gasteiger partial charge in [0, 0.05) is 18.7 Å². The molecule has 0 spiro atoms. The van der Waals surface area contributed by atoms with Gasteiger partial charge in [0.25, 0.3) is 0 Å². The van der Waals surface area contributed by atoms with Crippen molar-refractivity contribution in [3.63, 3.8) is 0 Å². The topological polar surface area (TPSA) is 137 Å². The number of nitrogens with two attached hydrogens (primary N) is 1. The molecule has 36 heavy (non-hydrogen) atoms. The lowest BCUT2D eigenvalue weighted by Gasteiger charge is -2.31. The van der Waals surface area contributed by atoms with E-state index in [4.69, 9.17) is 32.6 Å². The van der Waals surface area contributed by atoms with Crippen molar-refractivity contribution in [1.29, 1.82) is 5.41 Å². The summed E-state index contributed by atoms with van der Waals surface area (Å²) in [6.45, 7) is 4.89. The summed E-state index contributed by atoms with van der Waals surface area (Å²) in [5, 5.41) is 17.0. The van der Waals surface area contributed by atoms with Crippen molar-refractivity contribution in [2.75, 3.05) is 36.2 Å². The number of rotatable bonds is 11. The average molecular weight is 535 g/mol. The van der Waals surface area contributed by atoms with E-state index in [1.807, 2.05) is 0 Å². The number of halogens is 1. The van der Waals surface area contributed by atoms with Crippen LogP contribution >= 0.6 is 11.6 Å². The molecule has 1 saturated heterocycles. The molecule has 2 aromatic carbocycles. The Labute approximate surface area is 216 Å². The summed E-state index contributed by atoms with van der Waals surface area (Å²) in [6.07, 6.45) is 5.05. The number of piperidine rings is 1. The van der Waals surface area contributed by atoms with Gasteiger partial charge in [-0.2, -0.15) is 0 Å². The number of carbonyl (C=O) groups is 1. The van der Waals surface area contributed by atoms with Gasteiger partial charge >= 0.3 is 5.97 Å². The van der Waals surface area contributed by atoms with Crippen molar-refractivity contribution >= 4 is 45.2 Å². The Kier molecular flexibility index (Phi) is 9.36. The summed E-state index contributed by atoms with van der Waals surface area (Å²) in [5.74, 6) is -2.14. The molecular formula is C25H31ClN4O5S. The van der Waals surface area contributed by atoms with E-state index in [0.29, 0.717) is 16.9 Å². The molecular weight excluding hydrogens is 504 g/mol. The molecule has 0 aromatic heterocycles. The lowest BCUT2D eigenvalue weighted by molar-refractivity contribution is -0.134. The number of ether oxygens (including phenoxy) is 1. The molecule has 2 aromatic rings. The average Bonchev–Trinajstić information content (AvgIpc) is 2.83. The Bertz CT molecular complexity index is 1230. The van der Waals surface area contributed by atoms with Crippen LogP contribution < -0.4 is 14.8 Å². The fraction of sp³-hybridized carbons (Fsp3) is 0.360. The van der Waals surface area contributed by atoms with E-state index in [1.165, 1.54) is 6.07 Å². The Morgan fingerprint density at radius 1 is 1.28 bits per heavy atom. The van der Waals surface area contributed by atoms with Crippen molar-refractivity contribution in [1.82, 2.24) is 4.90 Å². The zero-order valence-corrected chi connectivity index (χ0v) is 21.6. The third kappa shape index (κ3) is 7.46. The second-order valence-electron chi connectivity index (χ2n) is 8.49. The quantitative estimate of drug-likeness (QED) is 0.296. The maximum absolute atomic E-state index is 12.9. The summed E-state index contributed by atoms with van der Waals surface area (Å²) in [7, 11) is -4.19. The minimum atomic E-state index is -4.19. The molecule has 0 atom stereocenters. The molecule has 0 aliphatic carbocycles. The predicted molar refractivity (Wildman–Crippen MR) is 142 cm³/mol. The number of nitrogen functional groups attached to an aromatic ring is 1. The molecule has 4 N–H and O–H groups in total. The van der Waals surface area contributed by atoms with E-state index in [1.54, 1.807) is 48.6 Å². The maximum atomic E-state index is 12.9. The molecule has 0 amide bonds. The monoisotopic (exact) mass is 534 g/mol. The van der Waals surface area contributed by atoms with Gasteiger partial charge in [-0.25, -0.2) is 8.42 Å². The van der Waals surface area contributed by atoms with Crippen molar-refractivity contribution in [3.05, 3.63) is 64.7 Å². The minimum absolute atomic E-state index is 0.0247. The lowest BCUT2D eigenvalue weighted by Crippen LogP contribution is -2.38. The molecule has 11 heteroatoms. The zero-order chi connectivity index (χ0) is 26.3. The molecule has 0 bridgehead atoms. The van der Waals surface area contributed by atoms with Gasteiger partial charge in [0.1, 0.15) is 17.7 Å². The van der Waals surface area contributed by atoms with Gasteiger partial charge in [0.05, 0.1) is 17.3 Å². The largest absolute Gasteiger partial charge is 0.489 e. The Balaban J connectivity index is 1.80. The summed E-state index contributed by atoms with van der Waals surface area (Å²) in [6, 6.07) is 11.6. The van der Waals surface area contributed by atoms with Gasteiger partial charge in [-0.05, 0) is 49.2 Å². The van der Waals surface area contributed by atoms with E-state index in [9.17, 15) is 13.2 Å². The van der Waals surface area contributed by atoms with Gasteiger partial charge in [0.2, 0.25) is 10.0 Å². The Hall–Kier alpha value is -3.08. The fourth-order valence-corrected chi connectivity index (χ4v) is 5.41. The van der Waals surface area contributed by atoms with Crippen molar-refractivity contribution in [3.8, 4) is 5.75 Å². The SMILES string of the molecule is CCN1CCC(Oc2ccc(N(CC=Cc3cccc(C(=N)N)c3)S(=O)(=O)CC(=O)O)cc2Cl)CC1. The summed E-state index contributed by atoms with van der Waals surface area (Å²) < 4.78 is 32.8. The Morgan fingerprint density at radius 3 is 2.61 bits per heavy atom. The molecule has 0 unspecified atom stereocenters. The molecule has 3 rings (SSSR count). The van der Waals surface area contributed by atoms with E-state index in [-0.39, 0.29) is 29.2 Å². The molecule has 0 radical (unpaired) electrons. The van der Waals surface area contributed by atoms with Crippen LogP contribution in [0.15, 0.2) is 48.5 Å². The van der Waals surface area contributed by atoms with Crippen LogP contribution in [0.3, 0.4) is 0 Å². The maximum Gasteiger partial charge on any atom is 0.320 e. The fourth-order valence-electron chi connectivity index (χ4n) is 3.97. The van der Waals surface area contributed by atoms with Crippen LogP contribution in [-0.2, 0) is 14.8 Å². The number of carboxylic acids is 1. The van der Waals surface area contributed by atoms with Crippen LogP contribution in [0.5, 0.6) is 5.75 Å². The third-order valence-electron chi connectivity index (χ3n) is 5.90. The highest BCUT2D eigenvalue weighted by Crippen LogP contribution is 2.32. The van der Waals surface area contributed by atoms with Gasteiger partial charge in [-0.15, -0.1) is 0 Å². The number of amidine groups is 1. The number of nitrogens with zero attached hydrogens (tertiary/aromatic N) is 2. The van der Waals surface area contributed by atoms with Crippen LogP contribution in [0, 0.1) is 5.41 Å². The van der Waals surface area contributed by atoms with Crippen LogP contribution in [0.4, 0.5) is 5.69 Å². The summed E-state index contributed by atoms with van der Waals surface area (Å²) in [5.41, 5.74) is 7.01. The normalized spacial score (nSPS) is 15.2. The smallest absolute Gasteiger partial charge is 0.320 e. The van der Waals surface area contributed by atoms with Crippen LogP contribution in [0.1, 0.15) is 30.9 Å². The zero-order valence-electron chi connectivity index (χ0n) is 20.1. The number of aliphatic carboxylic acids is 1. The van der Waals surface area contributed by atoms with Crippen molar-refractivity contribution < 1.29 is 23.1 Å². The van der Waals surface area contributed by atoms with E-state index >= 15 is 0 Å². The first-order chi connectivity index (χ1) is 17.1. The van der Waals surface area contributed by atoms with Gasteiger partial charge < -0.3 is 20.5 Å². The van der Waals surface area contributed by atoms with Gasteiger partial charge in [-0.1, -0.05) is 48.9 Å². The molecule has 9 nitrogen and oxygen atoms in total. The summed E-state index contributed by atoms with van der Waals surface area (Å²) in [4.78, 5) is 13.6. The number of hydrogen-bond acceptors (Lipinski definition) is 6. The number of carboxylic acid groups (broad SMARTS) is 1. The number of sulfonamides is 1. The first-order valence-electron chi connectivity index (χ1n) is 11.6. The van der Waals surface area contributed by atoms with Crippen LogP contribution in [-0.4, -0.2) is 68.3 Å². The Morgan fingerprint density at radius 2 is 2.00 bits per heavy atom. The highest BCUT2D eigenvalue weighted by Gasteiger charge is 2.26. The number of anilines is 1. The first kappa shape index (κ1) is 27.5. The third-order valence-corrected chi connectivity index (χ3v) is 7.84. The van der Waals surface area contributed by atoms with Gasteiger partial charge in [-0.3, -0.25) is 14.5 Å². The molecule has 194 valence electrons.